The maximum Gasteiger partial charge on any atom is 0.252 e. The summed E-state index contributed by atoms with van der Waals surface area (Å²) in [5.41, 5.74) is 2.60. The minimum Gasteiger partial charge on any atom is -0.394 e. The lowest BCUT2D eigenvalue weighted by Crippen LogP contribution is -2.54. The summed E-state index contributed by atoms with van der Waals surface area (Å²) in [4.78, 5) is 16.4. The van der Waals surface area contributed by atoms with Gasteiger partial charge in [0.2, 0.25) is 0 Å². The fourth-order valence-corrected chi connectivity index (χ4v) is 5.93. The number of H-pyrrole nitrogens is 1. The predicted octanol–water partition coefficient (Wildman–Crippen LogP) is 2.90. The van der Waals surface area contributed by atoms with Crippen LogP contribution in [0.2, 0.25) is 0 Å². The second-order valence-electron chi connectivity index (χ2n) is 9.53. The lowest BCUT2D eigenvalue weighted by Gasteiger charge is -2.40. The number of amides is 1. The SMILES string of the molecule is O=C1NCc2c1c1c3cc(F)ccc3n([C@@H]3O[C@H](CO)[C@@H](F)[C@H](O)[C@H]3O)c1c1[nH]c3ccc(F)cc3c21. The number of carbonyl (C=O) groups excluding carboxylic acids is 1. The van der Waals surface area contributed by atoms with Gasteiger partial charge in [0, 0.05) is 33.6 Å². The fourth-order valence-electron chi connectivity index (χ4n) is 5.93. The van der Waals surface area contributed by atoms with Crippen LogP contribution in [0.15, 0.2) is 36.4 Å². The highest BCUT2D eigenvalue weighted by Gasteiger charge is 2.46. The smallest absolute Gasteiger partial charge is 0.252 e. The number of benzene rings is 3. The number of nitrogens with one attached hydrogen (secondary N) is 2. The van der Waals surface area contributed by atoms with E-state index in [0.717, 1.165) is 0 Å². The number of aliphatic hydroxyl groups is 3. The van der Waals surface area contributed by atoms with Crippen LogP contribution in [0.3, 0.4) is 0 Å². The second-order valence-corrected chi connectivity index (χ2v) is 9.53. The molecule has 5 N–H and O–H groups in total. The molecule has 0 unspecified atom stereocenters. The molecule has 0 saturated carbocycles. The number of rotatable bonds is 2. The molecule has 0 aliphatic carbocycles. The lowest BCUT2D eigenvalue weighted by atomic mass is 9.96. The quantitative estimate of drug-likeness (QED) is 0.250. The molecule has 5 atom stereocenters. The number of nitrogens with zero attached hydrogens (tertiary/aromatic N) is 1. The largest absolute Gasteiger partial charge is 0.394 e. The van der Waals surface area contributed by atoms with Crippen molar-refractivity contribution in [1.82, 2.24) is 14.9 Å². The average molecular weight is 511 g/mol. The van der Waals surface area contributed by atoms with E-state index in [-0.39, 0.29) is 12.1 Å². The van der Waals surface area contributed by atoms with Crippen LogP contribution in [0.4, 0.5) is 13.2 Å². The summed E-state index contributed by atoms with van der Waals surface area (Å²) >= 11 is 0. The molecule has 8 nitrogen and oxygen atoms in total. The van der Waals surface area contributed by atoms with E-state index >= 15 is 0 Å². The Kier molecular flexibility index (Phi) is 4.68. The molecule has 5 aromatic rings. The van der Waals surface area contributed by atoms with Crippen molar-refractivity contribution in [2.45, 2.75) is 37.3 Å². The summed E-state index contributed by atoms with van der Waals surface area (Å²) in [5, 5.41) is 35.7. The van der Waals surface area contributed by atoms with Crippen LogP contribution in [0, 0.1) is 11.6 Å². The van der Waals surface area contributed by atoms with Gasteiger partial charge in [0.15, 0.2) is 12.4 Å². The van der Waals surface area contributed by atoms with Crippen molar-refractivity contribution in [3.05, 3.63) is 59.2 Å². The third kappa shape index (κ3) is 2.90. The highest BCUT2D eigenvalue weighted by atomic mass is 19.1. The van der Waals surface area contributed by atoms with Gasteiger partial charge in [-0.1, -0.05) is 0 Å². The number of halogens is 3. The van der Waals surface area contributed by atoms with Gasteiger partial charge in [-0.2, -0.15) is 0 Å². The Bertz CT molecular complexity index is 1780. The van der Waals surface area contributed by atoms with Crippen LogP contribution in [0.1, 0.15) is 22.1 Å². The first-order chi connectivity index (χ1) is 17.8. The van der Waals surface area contributed by atoms with Gasteiger partial charge in [-0.15, -0.1) is 0 Å². The molecule has 1 amide bonds. The number of ether oxygens (including phenoxy) is 1. The molecular formula is C26H20F3N3O5. The van der Waals surface area contributed by atoms with E-state index in [4.69, 9.17) is 4.74 Å². The molecule has 0 bridgehead atoms. The number of alkyl halides is 1. The predicted molar refractivity (Wildman–Crippen MR) is 128 cm³/mol. The summed E-state index contributed by atoms with van der Waals surface area (Å²) < 4.78 is 50.7. The maximum atomic E-state index is 14.6. The summed E-state index contributed by atoms with van der Waals surface area (Å²) in [5.74, 6) is -1.45. The Morgan fingerprint density at radius 2 is 1.76 bits per heavy atom. The van der Waals surface area contributed by atoms with Gasteiger partial charge in [-0.25, -0.2) is 13.2 Å². The summed E-state index contributed by atoms with van der Waals surface area (Å²) in [6.45, 7) is -0.588. The molecule has 2 aliphatic rings. The van der Waals surface area contributed by atoms with Crippen molar-refractivity contribution in [3.63, 3.8) is 0 Å². The van der Waals surface area contributed by atoms with Crippen molar-refractivity contribution in [1.29, 1.82) is 0 Å². The van der Waals surface area contributed by atoms with Gasteiger partial charge in [0.1, 0.15) is 29.9 Å². The second kappa shape index (κ2) is 7.68. The van der Waals surface area contributed by atoms with Crippen LogP contribution in [-0.4, -0.2) is 61.9 Å². The van der Waals surface area contributed by atoms with Gasteiger partial charge in [-0.3, -0.25) is 4.79 Å². The molecule has 2 aromatic heterocycles. The molecule has 37 heavy (non-hydrogen) atoms. The Morgan fingerprint density at radius 1 is 1.03 bits per heavy atom. The fraction of sp³-hybridized carbons (Fsp3) is 0.269. The van der Waals surface area contributed by atoms with E-state index < -0.39 is 54.9 Å². The molecule has 11 heteroatoms. The Labute approximate surface area is 205 Å². The number of aliphatic hydroxyl groups excluding tert-OH is 3. The van der Waals surface area contributed by atoms with Gasteiger partial charge in [-0.05, 0) is 42.0 Å². The van der Waals surface area contributed by atoms with Gasteiger partial charge >= 0.3 is 0 Å². The molecule has 3 aromatic carbocycles. The zero-order chi connectivity index (χ0) is 25.7. The van der Waals surface area contributed by atoms with Crippen molar-refractivity contribution >= 4 is 49.5 Å². The number of hydrogen-bond acceptors (Lipinski definition) is 5. The molecule has 1 fully saturated rings. The zero-order valence-electron chi connectivity index (χ0n) is 19.0. The number of hydrogen-bond donors (Lipinski definition) is 5. The standard InChI is InChI=1S/C26H20F3N3O5/c27-9-1-3-14-11(5-9)17-13-7-30-25(36)19(13)18-12-6-10(28)2-4-15(12)32(22(18)21(17)31-14)26-24(35)23(34)20(29)16(8-33)37-26/h1-6,16,20,23-24,26,31,33-35H,7-8H2,(H,30,36)/t16-,20-,23+,24-,26-/m1/s1. The van der Waals surface area contributed by atoms with E-state index in [0.29, 0.717) is 49.2 Å². The lowest BCUT2D eigenvalue weighted by molar-refractivity contribution is -0.233. The molecule has 190 valence electrons. The summed E-state index contributed by atoms with van der Waals surface area (Å²) in [6.07, 6.45) is -8.54. The third-order valence-electron chi connectivity index (χ3n) is 7.54. The first kappa shape index (κ1) is 22.5. The first-order valence-electron chi connectivity index (χ1n) is 11.7. The number of aromatic amines is 1. The normalized spacial score (nSPS) is 26.0. The van der Waals surface area contributed by atoms with Crippen molar-refractivity contribution < 1.29 is 38.0 Å². The van der Waals surface area contributed by atoms with E-state index in [1.165, 1.54) is 34.9 Å². The number of fused-ring (bicyclic) bond motifs is 10. The molecule has 7 rings (SSSR count). The van der Waals surface area contributed by atoms with E-state index in [1.54, 1.807) is 6.07 Å². The van der Waals surface area contributed by atoms with Crippen LogP contribution >= 0.6 is 0 Å². The van der Waals surface area contributed by atoms with Gasteiger partial charge < -0.3 is 34.9 Å². The Hall–Kier alpha value is -3.64. The minimum absolute atomic E-state index is 0.170. The Balaban J connectivity index is 1.70. The average Bonchev–Trinajstić information content (AvgIpc) is 3.54. The van der Waals surface area contributed by atoms with Crippen molar-refractivity contribution in [2.24, 2.45) is 0 Å². The van der Waals surface area contributed by atoms with E-state index in [1.807, 2.05) is 0 Å². The molecular weight excluding hydrogens is 491 g/mol. The molecule has 1 saturated heterocycles. The highest BCUT2D eigenvalue weighted by Crippen LogP contribution is 2.46. The summed E-state index contributed by atoms with van der Waals surface area (Å²) in [7, 11) is 0. The minimum atomic E-state index is -2.05. The first-order valence-corrected chi connectivity index (χ1v) is 11.7. The van der Waals surface area contributed by atoms with Crippen molar-refractivity contribution in [2.75, 3.05) is 6.61 Å². The van der Waals surface area contributed by atoms with Crippen LogP contribution < -0.4 is 5.32 Å². The van der Waals surface area contributed by atoms with Gasteiger partial charge in [0.05, 0.1) is 28.7 Å². The van der Waals surface area contributed by atoms with Crippen molar-refractivity contribution in [3.8, 4) is 0 Å². The maximum absolute atomic E-state index is 14.6. The molecule has 4 heterocycles. The van der Waals surface area contributed by atoms with Crippen LogP contribution in [0.25, 0.3) is 43.6 Å². The van der Waals surface area contributed by atoms with E-state index in [2.05, 4.69) is 10.3 Å². The third-order valence-corrected chi connectivity index (χ3v) is 7.54. The monoisotopic (exact) mass is 511 g/mol. The topological polar surface area (TPSA) is 120 Å². The molecule has 2 aliphatic heterocycles. The van der Waals surface area contributed by atoms with Gasteiger partial charge in [0.25, 0.3) is 5.91 Å². The van der Waals surface area contributed by atoms with E-state index in [9.17, 15) is 33.3 Å². The molecule has 0 radical (unpaired) electrons. The zero-order valence-corrected chi connectivity index (χ0v) is 19.0. The summed E-state index contributed by atoms with van der Waals surface area (Å²) in [6, 6.07) is 8.09. The number of carbonyl (C=O) groups is 1. The molecule has 0 spiro atoms. The highest BCUT2D eigenvalue weighted by molar-refractivity contribution is 6.30. The van der Waals surface area contributed by atoms with Crippen LogP contribution in [0.5, 0.6) is 0 Å². The Morgan fingerprint density at radius 3 is 2.51 bits per heavy atom. The van der Waals surface area contributed by atoms with Crippen LogP contribution in [-0.2, 0) is 11.3 Å². The number of aromatic nitrogens is 2.